The molecule has 0 fully saturated rings. The highest BCUT2D eigenvalue weighted by atomic mass is 16.6. The Morgan fingerprint density at radius 2 is 1.95 bits per heavy atom. The molecule has 0 spiro atoms. The summed E-state index contributed by atoms with van der Waals surface area (Å²) in [5, 5.41) is 11.2. The maximum atomic E-state index is 11.0. The molecule has 0 aliphatic carbocycles. The third-order valence-electron chi connectivity index (χ3n) is 2.42. The Morgan fingerprint density at radius 3 is 2.58 bits per heavy atom. The monoisotopic (exact) mass is 263 g/mol. The van der Waals surface area contributed by atoms with Crippen molar-refractivity contribution < 1.29 is 24.2 Å². The number of carbonyl (C=O) groups excluding carboxylic acids is 1. The van der Waals surface area contributed by atoms with Gasteiger partial charge in [-0.3, -0.25) is 4.79 Å². The molecule has 0 saturated carbocycles. The average Bonchev–Trinajstić information content (AvgIpc) is 2.37. The smallest absolute Gasteiger partial charge is 0.352 e. The molecule has 0 saturated heterocycles. The van der Waals surface area contributed by atoms with Crippen molar-refractivity contribution in [3.63, 3.8) is 0 Å². The molecule has 1 aromatic carbocycles. The van der Waals surface area contributed by atoms with Crippen LogP contribution in [-0.2, 0) is 9.59 Å². The number of hydrogen-bond acceptors (Lipinski definition) is 4. The molecule has 1 heterocycles. The van der Waals surface area contributed by atoms with E-state index in [0.717, 1.165) is 0 Å². The lowest BCUT2D eigenvalue weighted by atomic mass is 10.1. The first-order chi connectivity index (χ1) is 9.06. The van der Waals surface area contributed by atoms with Crippen molar-refractivity contribution in [3.05, 3.63) is 29.5 Å². The summed E-state index contributed by atoms with van der Waals surface area (Å²) < 4.78 is 10.8. The van der Waals surface area contributed by atoms with Gasteiger partial charge in [0.25, 0.3) is 0 Å². The number of aliphatic carboxylic acids is 1. The molecule has 0 atom stereocenters. The number of rotatable bonds is 3. The third-order valence-corrected chi connectivity index (χ3v) is 2.42. The number of ether oxygens (including phenoxy) is 2. The van der Waals surface area contributed by atoms with Crippen LogP contribution in [0.4, 0.5) is 0 Å². The van der Waals surface area contributed by atoms with Crippen molar-refractivity contribution in [2.24, 2.45) is 0 Å². The molecule has 0 aromatic heterocycles. The van der Waals surface area contributed by atoms with E-state index in [1.807, 2.05) is 0 Å². The van der Waals surface area contributed by atoms with Crippen LogP contribution >= 0.6 is 0 Å². The number of amides is 1. The van der Waals surface area contributed by atoms with E-state index in [9.17, 15) is 9.59 Å². The lowest BCUT2D eigenvalue weighted by Gasteiger charge is -2.18. The summed E-state index contributed by atoms with van der Waals surface area (Å²) >= 11 is 0. The van der Waals surface area contributed by atoms with E-state index in [2.05, 4.69) is 5.32 Å². The van der Waals surface area contributed by atoms with Crippen LogP contribution in [0, 0.1) is 0 Å². The highest BCUT2D eigenvalue weighted by Crippen LogP contribution is 2.31. The van der Waals surface area contributed by atoms with Crippen molar-refractivity contribution in [1.82, 2.24) is 5.32 Å². The molecule has 2 N–H and O–H groups in total. The van der Waals surface area contributed by atoms with E-state index < -0.39 is 11.9 Å². The Balaban J connectivity index is 2.29. The molecule has 6 nitrogen and oxygen atoms in total. The summed E-state index contributed by atoms with van der Waals surface area (Å²) in [5.74, 6) is -0.455. The first kappa shape index (κ1) is 12.9. The van der Waals surface area contributed by atoms with E-state index in [1.165, 1.54) is 13.0 Å². The maximum Gasteiger partial charge on any atom is 0.352 e. The Kier molecular flexibility index (Phi) is 3.70. The normalized spacial score (nSPS) is 13.8. The van der Waals surface area contributed by atoms with Gasteiger partial charge in [-0.15, -0.1) is 0 Å². The standard InChI is InChI=1S/C13H13NO5/c1-8(15)14-10(13(16)17)6-9-2-3-11-12(7-9)19-5-4-18-11/h2-3,6-7H,4-5H2,1H3,(H,14,15)(H,16,17)/b10-6-. The average molecular weight is 263 g/mol. The zero-order valence-electron chi connectivity index (χ0n) is 10.3. The predicted molar refractivity (Wildman–Crippen MR) is 66.9 cm³/mol. The molecule has 0 unspecified atom stereocenters. The number of hydrogen-bond donors (Lipinski definition) is 2. The molecular formula is C13H13NO5. The van der Waals surface area contributed by atoms with Crippen LogP contribution in [0.5, 0.6) is 11.5 Å². The second kappa shape index (κ2) is 5.43. The number of fused-ring (bicyclic) bond motifs is 1. The van der Waals surface area contributed by atoms with E-state index >= 15 is 0 Å². The topological polar surface area (TPSA) is 84.9 Å². The SMILES string of the molecule is CC(=O)N/C(=C\c1ccc2c(c1)OCCO2)C(=O)O. The Morgan fingerprint density at radius 1 is 1.26 bits per heavy atom. The summed E-state index contributed by atoms with van der Waals surface area (Å²) in [7, 11) is 0. The summed E-state index contributed by atoms with van der Waals surface area (Å²) in [6.45, 7) is 2.20. The molecular weight excluding hydrogens is 250 g/mol. The Hall–Kier alpha value is -2.50. The van der Waals surface area contributed by atoms with Gasteiger partial charge in [-0.25, -0.2) is 4.79 Å². The van der Waals surface area contributed by atoms with Gasteiger partial charge in [-0.1, -0.05) is 6.07 Å². The summed E-state index contributed by atoms with van der Waals surface area (Å²) in [5.41, 5.74) is 0.416. The van der Waals surface area contributed by atoms with Gasteiger partial charge in [-0.2, -0.15) is 0 Å². The van der Waals surface area contributed by atoms with Gasteiger partial charge in [0.1, 0.15) is 18.9 Å². The van der Waals surface area contributed by atoms with Gasteiger partial charge in [0, 0.05) is 6.92 Å². The lowest BCUT2D eigenvalue weighted by Crippen LogP contribution is -2.24. The van der Waals surface area contributed by atoms with Crippen molar-refractivity contribution in [2.45, 2.75) is 6.92 Å². The minimum atomic E-state index is -1.20. The zero-order valence-corrected chi connectivity index (χ0v) is 10.3. The molecule has 6 heteroatoms. The third kappa shape index (κ3) is 3.25. The van der Waals surface area contributed by atoms with E-state index in [-0.39, 0.29) is 5.70 Å². The molecule has 100 valence electrons. The van der Waals surface area contributed by atoms with E-state index in [4.69, 9.17) is 14.6 Å². The van der Waals surface area contributed by atoms with Crippen LogP contribution in [-0.4, -0.2) is 30.2 Å². The molecule has 1 aliphatic rings. The molecule has 2 rings (SSSR count). The quantitative estimate of drug-likeness (QED) is 0.795. The van der Waals surface area contributed by atoms with Crippen LogP contribution in [0.2, 0.25) is 0 Å². The van der Waals surface area contributed by atoms with Crippen LogP contribution in [0.15, 0.2) is 23.9 Å². The second-order valence-corrected chi connectivity index (χ2v) is 3.95. The maximum absolute atomic E-state index is 11.0. The van der Waals surface area contributed by atoms with Crippen molar-refractivity contribution in [3.8, 4) is 11.5 Å². The Labute approximate surface area is 109 Å². The largest absolute Gasteiger partial charge is 0.486 e. The van der Waals surface area contributed by atoms with Crippen molar-refractivity contribution in [2.75, 3.05) is 13.2 Å². The van der Waals surface area contributed by atoms with Crippen molar-refractivity contribution >= 4 is 18.0 Å². The van der Waals surface area contributed by atoms with Gasteiger partial charge in [-0.05, 0) is 23.8 Å². The minimum absolute atomic E-state index is 0.191. The fourth-order valence-electron chi connectivity index (χ4n) is 1.66. The number of carbonyl (C=O) groups is 2. The molecule has 1 aromatic rings. The van der Waals surface area contributed by atoms with Crippen molar-refractivity contribution in [1.29, 1.82) is 0 Å². The van der Waals surface area contributed by atoms with Gasteiger partial charge in [0.2, 0.25) is 5.91 Å². The molecule has 1 amide bonds. The van der Waals surface area contributed by atoms with Crippen LogP contribution in [0.1, 0.15) is 12.5 Å². The predicted octanol–water partition coefficient (Wildman–Crippen LogP) is 1.02. The number of carboxylic acid groups (broad SMARTS) is 1. The first-order valence-electron chi connectivity index (χ1n) is 5.68. The Bertz CT molecular complexity index is 550. The van der Waals surface area contributed by atoms with Crippen LogP contribution in [0.3, 0.4) is 0 Å². The molecule has 0 bridgehead atoms. The highest BCUT2D eigenvalue weighted by Gasteiger charge is 2.13. The van der Waals surface area contributed by atoms with Crippen LogP contribution in [0.25, 0.3) is 6.08 Å². The van der Waals surface area contributed by atoms with Gasteiger partial charge < -0.3 is 19.9 Å². The van der Waals surface area contributed by atoms with Gasteiger partial charge in [0.05, 0.1) is 0 Å². The van der Waals surface area contributed by atoms with Gasteiger partial charge >= 0.3 is 5.97 Å². The molecule has 1 aliphatic heterocycles. The molecule has 0 radical (unpaired) electrons. The summed E-state index contributed by atoms with van der Waals surface area (Å²) in [4.78, 5) is 21.9. The number of carboxylic acids is 1. The fraction of sp³-hybridized carbons (Fsp3) is 0.231. The zero-order chi connectivity index (χ0) is 13.8. The van der Waals surface area contributed by atoms with E-state index in [1.54, 1.807) is 18.2 Å². The van der Waals surface area contributed by atoms with Crippen LogP contribution < -0.4 is 14.8 Å². The lowest BCUT2D eigenvalue weighted by molar-refractivity contribution is -0.134. The highest BCUT2D eigenvalue weighted by molar-refractivity contribution is 5.96. The number of nitrogens with one attached hydrogen (secondary N) is 1. The summed E-state index contributed by atoms with van der Waals surface area (Å²) in [6, 6.07) is 5.06. The second-order valence-electron chi connectivity index (χ2n) is 3.95. The number of benzene rings is 1. The fourth-order valence-corrected chi connectivity index (χ4v) is 1.66. The first-order valence-corrected chi connectivity index (χ1v) is 5.68. The summed E-state index contributed by atoms with van der Waals surface area (Å²) in [6.07, 6.45) is 1.36. The molecule has 19 heavy (non-hydrogen) atoms. The van der Waals surface area contributed by atoms with Gasteiger partial charge in [0.15, 0.2) is 11.5 Å². The minimum Gasteiger partial charge on any atom is -0.486 e. The van der Waals surface area contributed by atoms with E-state index in [0.29, 0.717) is 30.3 Å².